The van der Waals surface area contributed by atoms with Crippen molar-refractivity contribution >= 4 is 68.0 Å². The lowest BCUT2D eigenvalue weighted by Gasteiger charge is -2.28. The van der Waals surface area contributed by atoms with Crippen LogP contribution in [0.5, 0.6) is 0 Å². The third-order valence-corrected chi connectivity index (χ3v) is 8.39. The van der Waals surface area contributed by atoms with Gasteiger partial charge in [-0.15, -0.1) is 11.3 Å². The first-order valence-corrected chi connectivity index (χ1v) is 15.3. The van der Waals surface area contributed by atoms with Gasteiger partial charge < -0.3 is 24.7 Å². The van der Waals surface area contributed by atoms with Gasteiger partial charge in [0.25, 0.3) is 6.01 Å². The minimum absolute atomic E-state index is 0.384. The van der Waals surface area contributed by atoms with Gasteiger partial charge in [-0.25, -0.2) is 15.0 Å². The molecule has 44 heavy (non-hydrogen) atoms. The number of benzene rings is 3. The number of fused-ring (bicyclic) bond motifs is 2. The van der Waals surface area contributed by atoms with E-state index in [1.165, 1.54) is 5.69 Å². The molecule has 0 radical (unpaired) electrons. The molecule has 0 unspecified atom stereocenters. The van der Waals surface area contributed by atoms with Gasteiger partial charge in [0.1, 0.15) is 11.2 Å². The van der Waals surface area contributed by atoms with E-state index >= 15 is 0 Å². The number of halogens is 1. The van der Waals surface area contributed by atoms with Crippen molar-refractivity contribution in [3.63, 3.8) is 0 Å². The van der Waals surface area contributed by atoms with Crippen molar-refractivity contribution < 1.29 is 9.15 Å². The molecule has 5 heterocycles. The monoisotopic (exact) mass is 620 g/mol. The standard InChI is InChI=1S/C32H25ClN8O2S/c33-21-4-9-25-27(19-21)43-31(38-25)36-23-3-1-2-20(18-23)28-29(41-14-17-44-32(41)39-28)26-10-11-34-30(37-26)35-22-5-7-24(8-6-22)40-12-15-42-16-13-40/h1-11,14,17-19H,12-13,15-16H2,(H,36,38)(H,34,35,37). The van der Waals surface area contributed by atoms with Gasteiger partial charge >= 0.3 is 0 Å². The summed E-state index contributed by atoms with van der Waals surface area (Å²) < 4.78 is 13.4. The van der Waals surface area contributed by atoms with E-state index in [-0.39, 0.29) is 0 Å². The second-order valence-corrected chi connectivity index (χ2v) is 11.5. The van der Waals surface area contributed by atoms with Crippen LogP contribution in [0.15, 0.2) is 95.0 Å². The number of thiazole rings is 1. The van der Waals surface area contributed by atoms with Crippen molar-refractivity contribution in [1.82, 2.24) is 24.3 Å². The lowest BCUT2D eigenvalue weighted by atomic mass is 10.1. The molecule has 0 saturated carbocycles. The van der Waals surface area contributed by atoms with Crippen molar-refractivity contribution in [1.29, 1.82) is 0 Å². The lowest BCUT2D eigenvalue weighted by molar-refractivity contribution is 0.122. The maximum absolute atomic E-state index is 6.11. The highest BCUT2D eigenvalue weighted by Gasteiger charge is 2.19. The van der Waals surface area contributed by atoms with Crippen LogP contribution in [0.1, 0.15) is 0 Å². The van der Waals surface area contributed by atoms with E-state index in [2.05, 4.69) is 42.0 Å². The van der Waals surface area contributed by atoms with Gasteiger partial charge in [0.05, 0.1) is 24.6 Å². The van der Waals surface area contributed by atoms with Crippen molar-refractivity contribution in [3.05, 3.63) is 95.6 Å². The number of oxazole rings is 1. The third kappa shape index (κ3) is 5.21. The summed E-state index contributed by atoms with van der Waals surface area (Å²) in [5, 5.41) is 9.25. The molecule has 4 aromatic heterocycles. The molecule has 0 aliphatic carbocycles. The number of ether oxygens (including phenoxy) is 1. The normalized spacial score (nSPS) is 13.5. The van der Waals surface area contributed by atoms with Crippen LogP contribution in [-0.2, 0) is 4.74 Å². The maximum atomic E-state index is 6.11. The van der Waals surface area contributed by atoms with Crippen molar-refractivity contribution in [3.8, 4) is 22.6 Å². The summed E-state index contributed by atoms with van der Waals surface area (Å²) >= 11 is 7.69. The first-order valence-electron chi connectivity index (χ1n) is 14.1. The summed E-state index contributed by atoms with van der Waals surface area (Å²) in [6.07, 6.45) is 3.77. The molecule has 12 heteroatoms. The molecule has 7 aromatic rings. The molecular formula is C32H25ClN8O2S. The minimum atomic E-state index is 0.384. The number of hydrogen-bond acceptors (Lipinski definition) is 10. The molecule has 1 aliphatic rings. The third-order valence-electron chi connectivity index (χ3n) is 7.40. The Morgan fingerprint density at radius 2 is 1.75 bits per heavy atom. The van der Waals surface area contributed by atoms with Crippen LogP contribution in [0.25, 0.3) is 38.7 Å². The van der Waals surface area contributed by atoms with Gasteiger partial charge in [-0.2, -0.15) is 4.98 Å². The summed E-state index contributed by atoms with van der Waals surface area (Å²) in [5.74, 6) is 0.504. The van der Waals surface area contributed by atoms with Crippen LogP contribution in [-0.4, -0.2) is 50.6 Å². The molecule has 1 aliphatic heterocycles. The van der Waals surface area contributed by atoms with Crippen LogP contribution in [0.4, 0.5) is 29.0 Å². The Kier molecular flexibility index (Phi) is 6.82. The molecule has 1 saturated heterocycles. The molecule has 2 N–H and O–H groups in total. The lowest BCUT2D eigenvalue weighted by Crippen LogP contribution is -2.36. The molecular weight excluding hydrogens is 596 g/mol. The Labute approximate surface area is 261 Å². The Morgan fingerprint density at radius 3 is 2.64 bits per heavy atom. The topological polar surface area (TPSA) is 106 Å². The second-order valence-electron chi connectivity index (χ2n) is 10.2. The van der Waals surface area contributed by atoms with Crippen LogP contribution < -0.4 is 15.5 Å². The van der Waals surface area contributed by atoms with E-state index in [1.807, 2.05) is 60.1 Å². The molecule has 0 amide bonds. The highest BCUT2D eigenvalue weighted by atomic mass is 35.5. The van der Waals surface area contributed by atoms with Crippen molar-refractivity contribution in [2.75, 3.05) is 41.8 Å². The average Bonchev–Trinajstić information content (AvgIpc) is 3.76. The highest BCUT2D eigenvalue weighted by Crippen LogP contribution is 2.35. The molecule has 10 nitrogen and oxygen atoms in total. The van der Waals surface area contributed by atoms with E-state index < -0.39 is 0 Å². The number of morpholine rings is 1. The van der Waals surface area contributed by atoms with E-state index in [0.717, 1.165) is 70.8 Å². The number of imidazole rings is 1. The molecule has 0 spiro atoms. The van der Waals surface area contributed by atoms with Gasteiger partial charge in [0, 0.05) is 64.6 Å². The van der Waals surface area contributed by atoms with Gasteiger partial charge in [-0.3, -0.25) is 4.40 Å². The first-order chi connectivity index (χ1) is 21.7. The predicted molar refractivity (Wildman–Crippen MR) is 175 cm³/mol. The van der Waals surface area contributed by atoms with E-state index in [9.17, 15) is 0 Å². The van der Waals surface area contributed by atoms with Crippen LogP contribution in [0.3, 0.4) is 0 Å². The summed E-state index contributed by atoms with van der Waals surface area (Å²) in [6.45, 7) is 3.30. The molecule has 8 rings (SSSR count). The van der Waals surface area contributed by atoms with Crippen LogP contribution in [0.2, 0.25) is 5.02 Å². The van der Waals surface area contributed by atoms with Crippen LogP contribution >= 0.6 is 22.9 Å². The molecule has 0 bridgehead atoms. The van der Waals surface area contributed by atoms with Gasteiger partial charge in [0.2, 0.25) is 5.95 Å². The predicted octanol–water partition coefficient (Wildman–Crippen LogP) is 7.64. The Bertz CT molecular complexity index is 2100. The molecule has 3 aromatic carbocycles. The average molecular weight is 621 g/mol. The number of rotatable bonds is 7. The van der Waals surface area contributed by atoms with E-state index in [4.69, 9.17) is 30.7 Å². The Hall–Kier alpha value is -4.97. The Morgan fingerprint density at radius 1 is 0.864 bits per heavy atom. The smallest absolute Gasteiger partial charge is 0.300 e. The summed E-state index contributed by atoms with van der Waals surface area (Å²) in [5.41, 5.74) is 7.61. The summed E-state index contributed by atoms with van der Waals surface area (Å²) in [7, 11) is 0. The fourth-order valence-electron chi connectivity index (χ4n) is 5.31. The summed E-state index contributed by atoms with van der Waals surface area (Å²) in [6, 6.07) is 24.0. The van der Waals surface area contributed by atoms with Gasteiger partial charge in [-0.1, -0.05) is 23.7 Å². The zero-order chi connectivity index (χ0) is 29.5. The SMILES string of the molecule is Clc1ccc2nc(Nc3cccc(-c4nc5sccn5c4-c4ccnc(Nc5ccc(N6CCOCC6)cc5)n4)c3)oc2c1. The molecule has 1 fully saturated rings. The number of hydrogen-bond donors (Lipinski definition) is 2. The maximum Gasteiger partial charge on any atom is 0.300 e. The quantitative estimate of drug-likeness (QED) is 0.186. The van der Waals surface area contributed by atoms with Crippen molar-refractivity contribution in [2.24, 2.45) is 0 Å². The fourth-order valence-corrected chi connectivity index (χ4v) is 6.18. The van der Waals surface area contributed by atoms with Gasteiger partial charge in [0.15, 0.2) is 10.5 Å². The number of aromatic nitrogens is 5. The van der Waals surface area contributed by atoms with Gasteiger partial charge in [-0.05, 0) is 54.6 Å². The number of nitrogens with one attached hydrogen (secondary N) is 2. The second kappa shape index (κ2) is 11.3. The van der Waals surface area contributed by atoms with E-state index in [0.29, 0.717) is 22.6 Å². The first kappa shape index (κ1) is 26.6. The Balaban J connectivity index is 1.09. The zero-order valence-corrected chi connectivity index (χ0v) is 24.8. The van der Waals surface area contributed by atoms with Crippen LogP contribution in [0, 0.1) is 0 Å². The zero-order valence-electron chi connectivity index (χ0n) is 23.3. The largest absolute Gasteiger partial charge is 0.423 e. The van der Waals surface area contributed by atoms with E-state index in [1.54, 1.807) is 29.7 Å². The van der Waals surface area contributed by atoms with Crippen molar-refractivity contribution in [2.45, 2.75) is 0 Å². The molecule has 0 atom stereocenters. The fraction of sp³-hybridized carbons (Fsp3) is 0.125. The summed E-state index contributed by atoms with van der Waals surface area (Å²) in [4.78, 5) is 22.1. The number of nitrogens with zero attached hydrogens (tertiary/aromatic N) is 6. The molecule has 218 valence electrons. The number of anilines is 5. The minimum Gasteiger partial charge on any atom is -0.423 e. The highest BCUT2D eigenvalue weighted by molar-refractivity contribution is 7.15.